The summed E-state index contributed by atoms with van der Waals surface area (Å²) in [4.78, 5) is 12.4. The standard InChI is InChI=1S/C12H7ClN2OS/c13-11(16)9-6-8-10(14-15-12(8)17-9)7-4-2-1-3-5-7/h1-6H,(H,14,15). The average molecular weight is 263 g/mol. The molecule has 0 atom stereocenters. The number of aromatic amines is 1. The number of halogens is 1. The van der Waals surface area contributed by atoms with E-state index in [1.807, 2.05) is 30.3 Å². The molecule has 1 N–H and O–H groups in total. The first-order chi connectivity index (χ1) is 8.25. The number of rotatable bonds is 2. The van der Waals surface area contributed by atoms with Gasteiger partial charge in [-0.1, -0.05) is 30.3 Å². The Morgan fingerprint density at radius 3 is 2.76 bits per heavy atom. The maximum atomic E-state index is 11.1. The first-order valence-electron chi connectivity index (χ1n) is 4.99. The summed E-state index contributed by atoms with van der Waals surface area (Å²) in [5.41, 5.74) is 1.96. The first kappa shape index (κ1) is 10.5. The van der Waals surface area contributed by atoms with Gasteiger partial charge in [0.1, 0.15) is 4.83 Å². The Morgan fingerprint density at radius 2 is 2.06 bits per heavy atom. The van der Waals surface area contributed by atoms with Crippen LogP contribution in [0.1, 0.15) is 9.67 Å². The van der Waals surface area contributed by atoms with E-state index in [1.165, 1.54) is 11.3 Å². The summed E-state index contributed by atoms with van der Waals surface area (Å²) in [6.07, 6.45) is 0. The molecule has 0 saturated carbocycles. The van der Waals surface area contributed by atoms with Crippen molar-refractivity contribution in [3.63, 3.8) is 0 Å². The highest BCUT2D eigenvalue weighted by Gasteiger charge is 2.14. The minimum atomic E-state index is -0.438. The fourth-order valence-electron chi connectivity index (χ4n) is 1.73. The van der Waals surface area contributed by atoms with Gasteiger partial charge in [-0.15, -0.1) is 11.3 Å². The molecule has 5 heteroatoms. The third-order valence-electron chi connectivity index (χ3n) is 2.51. The van der Waals surface area contributed by atoms with E-state index in [1.54, 1.807) is 6.07 Å². The lowest BCUT2D eigenvalue weighted by molar-refractivity contribution is 0.108. The molecule has 0 bridgehead atoms. The lowest BCUT2D eigenvalue weighted by Gasteiger charge is -1.95. The number of hydrogen-bond donors (Lipinski definition) is 1. The summed E-state index contributed by atoms with van der Waals surface area (Å²) in [6.45, 7) is 0. The lowest BCUT2D eigenvalue weighted by atomic mass is 10.1. The van der Waals surface area contributed by atoms with Gasteiger partial charge >= 0.3 is 0 Å². The summed E-state index contributed by atoms with van der Waals surface area (Å²) in [5.74, 6) is 0. The molecule has 0 aliphatic rings. The van der Waals surface area contributed by atoms with Crippen molar-refractivity contribution in [2.45, 2.75) is 0 Å². The van der Waals surface area contributed by atoms with Crippen LogP contribution in [-0.4, -0.2) is 15.4 Å². The molecule has 0 aliphatic carbocycles. The molecule has 0 fully saturated rings. The molecule has 3 rings (SSSR count). The predicted molar refractivity (Wildman–Crippen MR) is 69.6 cm³/mol. The number of benzene rings is 1. The molecule has 0 amide bonds. The minimum absolute atomic E-state index is 0.438. The van der Waals surface area contributed by atoms with Gasteiger partial charge in [-0.05, 0) is 17.7 Å². The second-order valence-corrected chi connectivity index (χ2v) is 4.94. The Kier molecular flexibility index (Phi) is 2.46. The van der Waals surface area contributed by atoms with E-state index >= 15 is 0 Å². The van der Waals surface area contributed by atoms with Crippen LogP contribution in [0.3, 0.4) is 0 Å². The van der Waals surface area contributed by atoms with Gasteiger partial charge in [0.15, 0.2) is 0 Å². The number of aromatic nitrogens is 2. The highest BCUT2D eigenvalue weighted by atomic mass is 35.5. The van der Waals surface area contributed by atoms with Gasteiger partial charge in [-0.3, -0.25) is 9.89 Å². The van der Waals surface area contributed by atoms with Crippen molar-refractivity contribution in [2.24, 2.45) is 0 Å². The van der Waals surface area contributed by atoms with E-state index in [0.29, 0.717) is 4.88 Å². The van der Waals surface area contributed by atoms with Crippen molar-refractivity contribution in [1.82, 2.24) is 10.2 Å². The van der Waals surface area contributed by atoms with E-state index in [-0.39, 0.29) is 0 Å². The second kappa shape index (κ2) is 3.98. The molecular weight excluding hydrogens is 256 g/mol. The largest absolute Gasteiger partial charge is 0.276 e. The molecular formula is C12H7ClN2OS. The smallest absolute Gasteiger partial charge is 0.262 e. The van der Waals surface area contributed by atoms with Crippen LogP contribution in [0.15, 0.2) is 36.4 Å². The van der Waals surface area contributed by atoms with Crippen LogP contribution in [0.5, 0.6) is 0 Å². The van der Waals surface area contributed by atoms with Gasteiger partial charge in [0, 0.05) is 10.9 Å². The molecule has 0 saturated heterocycles. The third kappa shape index (κ3) is 1.75. The highest BCUT2D eigenvalue weighted by molar-refractivity contribution is 7.21. The number of thiophene rings is 1. The second-order valence-electron chi connectivity index (χ2n) is 3.57. The van der Waals surface area contributed by atoms with Crippen LogP contribution in [-0.2, 0) is 0 Å². The number of H-pyrrole nitrogens is 1. The molecule has 1 aromatic carbocycles. The first-order valence-corrected chi connectivity index (χ1v) is 6.18. The monoisotopic (exact) mass is 262 g/mol. The number of carbonyl (C=O) groups excluding carboxylic acids is 1. The molecule has 0 radical (unpaired) electrons. The molecule has 2 aromatic heterocycles. The highest BCUT2D eigenvalue weighted by Crippen LogP contribution is 2.32. The zero-order valence-electron chi connectivity index (χ0n) is 8.61. The Morgan fingerprint density at radius 1 is 1.29 bits per heavy atom. The van der Waals surface area contributed by atoms with Crippen LogP contribution < -0.4 is 0 Å². The van der Waals surface area contributed by atoms with Crippen LogP contribution >= 0.6 is 22.9 Å². The number of nitrogens with one attached hydrogen (secondary N) is 1. The molecule has 84 valence electrons. The minimum Gasteiger partial charge on any atom is -0.276 e. The Bertz CT molecular complexity index is 687. The van der Waals surface area contributed by atoms with E-state index in [2.05, 4.69) is 10.2 Å². The van der Waals surface area contributed by atoms with Crippen molar-refractivity contribution < 1.29 is 4.79 Å². The van der Waals surface area contributed by atoms with E-state index in [9.17, 15) is 4.79 Å². The van der Waals surface area contributed by atoms with Crippen LogP contribution in [0, 0.1) is 0 Å². The maximum Gasteiger partial charge on any atom is 0.262 e. The molecule has 3 nitrogen and oxygen atoms in total. The molecule has 17 heavy (non-hydrogen) atoms. The van der Waals surface area contributed by atoms with Crippen molar-refractivity contribution in [2.75, 3.05) is 0 Å². The summed E-state index contributed by atoms with van der Waals surface area (Å²) in [5, 5.41) is 7.66. The van der Waals surface area contributed by atoms with Crippen molar-refractivity contribution in [3.8, 4) is 11.3 Å². The zero-order chi connectivity index (χ0) is 11.8. The lowest BCUT2D eigenvalue weighted by Crippen LogP contribution is -1.81. The number of hydrogen-bond acceptors (Lipinski definition) is 3. The summed E-state index contributed by atoms with van der Waals surface area (Å²) in [6, 6.07) is 11.6. The van der Waals surface area contributed by atoms with Gasteiger partial charge in [0.2, 0.25) is 0 Å². The molecule has 0 unspecified atom stereocenters. The quantitative estimate of drug-likeness (QED) is 0.716. The summed E-state index contributed by atoms with van der Waals surface area (Å²) in [7, 11) is 0. The fourth-order valence-corrected chi connectivity index (χ4v) is 2.73. The van der Waals surface area contributed by atoms with E-state index < -0.39 is 5.24 Å². The van der Waals surface area contributed by atoms with Gasteiger partial charge in [-0.2, -0.15) is 5.10 Å². The predicted octanol–water partition coefficient (Wildman–Crippen LogP) is 3.67. The number of nitrogens with zero attached hydrogens (tertiary/aromatic N) is 1. The topological polar surface area (TPSA) is 45.8 Å². The van der Waals surface area contributed by atoms with Gasteiger partial charge in [0.25, 0.3) is 5.24 Å². The fraction of sp³-hybridized carbons (Fsp3) is 0. The van der Waals surface area contributed by atoms with Crippen molar-refractivity contribution in [1.29, 1.82) is 0 Å². The van der Waals surface area contributed by atoms with Crippen LogP contribution in [0.25, 0.3) is 21.5 Å². The van der Waals surface area contributed by atoms with Crippen LogP contribution in [0.2, 0.25) is 0 Å². The normalized spacial score (nSPS) is 10.9. The number of carbonyl (C=O) groups is 1. The third-order valence-corrected chi connectivity index (χ3v) is 3.85. The number of fused-ring (bicyclic) bond motifs is 1. The maximum absolute atomic E-state index is 11.1. The molecule has 0 aliphatic heterocycles. The average Bonchev–Trinajstić information content (AvgIpc) is 2.89. The van der Waals surface area contributed by atoms with Gasteiger partial charge in [-0.25, -0.2) is 0 Å². The van der Waals surface area contributed by atoms with E-state index in [4.69, 9.17) is 11.6 Å². The van der Waals surface area contributed by atoms with E-state index in [0.717, 1.165) is 21.5 Å². The van der Waals surface area contributed by atoms with Crippen molar-refractivity contribution >= 4 is 38.4 Å². The Balaban J connectivity index is 2.21. The van der Waals surface area contributed by atoms with Gasteiger partial charge < -0.3 is 0 Å². The molecule has 2 heterocycles. The molecule has 0 spiro atoms. The summed E-state index contributed by atoms with van der Waals surface area (Å²) >= 11 is 6.76. The summed E-state index contributed by atoms with van der Waals surface area (Å²) < 4.78 is 0. The van der Waals surface area contributed by atoms with Crippen LogP contribution in [0.4, 0.5) is 0 Å². The Hall–Kier alpha value is -1.65. The SMILES string of the molecule is O=C(Cl)c1cc2c(-c3ccccc3)[nH]nc2s1. The Labute approximate surface area is 106 Å². The zero-order valence-corrected chi connectivity index (χ0v) is 10.2. The van der Waals surface area contributed by atoms with Gasteiger partial charge in [0.05, 0.1) is 10.6 Å². The van der Waals surface area contributed by atoms with Crippen molar-refractivity contribution in [3.05, 3.63) is 41.3 Å². The molecule has 3 aromatic rings.